The van der Waals surface area contributed by atoms with E-state index in [0.29, 0.717) is 0 Å². The highest BCUT2D eigenvalue weighted by Crippen LogP contribution is 2.30. The predicted molar refractivity (Wildman–Crippen MR) is 86.8 cm³/mol. The van der Waals surface area contributed by atoms with Crippen molar-refractivity contribution in [1.29, 1.82) is 0 Å². The van der Waals surface area contributed by atoms with Crippen molar-refractivity contribution in [2.24, 2.45) is 0 Å². The van der Waals surface area contributed by atoms with Crippen molar-refractivity contribution in [3.8, 4) is 5.75 Å². The molecule has 0 radical (unpaired) electrons. The van der Waals surface area contributed by atoms with Gasteiger partial charge in [-0.05, 0) is 55.6 Å². The van der Waals surface area contributed by atoms with Gasteiger partial charge in [-0.2, -0.15) is 0 Å². The maximum atomic E-state index is 5.50. The predicted octanol–water partition coefficient (Wildman–Crippen LogP) is 3.80. The molecule has 1 aromatic carbocycles. The molecule has 1 unspecified atom stereocenters. The van der Waals surface area contributed by atoms with Gasteiger partial charge >= 0.3 is 0 Å². The number of methoxy groups -OCH3 is 1. The van der Waals surface area contributed by atoms with Crippen LogP contribution in [0.1, 0.15) is 41.8 Å². The first-order chi connectivity index (χ1) is 10.2. The SMILES string of the molecule is CCCNC(c1cccc(C)c1C)c1ncccc1OC. The van der Waals surface area contributed by atoms with Gasteiger partial charge in [0, 0.05) is 6.20 Å². The summed E-state index contributed by atoms with van der Waals surface area (Å²) in [4.78, 5) is 4.56. The van der Waals surface area contributed by atoms with Gasteiger partial charge in [-0.1, -0.05) is 25.1 Å². The topological polar surface area (TPSA) is 34.2 Å². The van der Waals surface area contributed by atoms with Gasteiger partial charge in [-0.25, -0.2) is 0 Å². The number of rotatable bonds is 6. The smallest absolute Gasteiger partial charge is 0.142 e. The quantitative estimate of drug-likeness (QED) is 0.876. The lowest BCUT2D eigenvalue weighted by Crippen LogP contribution is -2.25. The van der Waals surface area contributed by atoms with E-state index >= 15 is 0 Å². The van der Waals surface area contributed by atoms with E-state index in [2.05, 4.69) is 49.3 Å². The molecule has 0 amide bonds. The molecule has 0 aliphatic heterocycles. The lowest BCUT2D eigenvalue weighted by atomic mass is 9.94. The van der Waals surface area contributed by atoms with Gasteiger partial charge in [0.05, 0.1) is 13.2 Å². The molecule has 3 heteroatoms. The minimum Gasteiger partial charge on any atom is -0.495 e. The molecule has 0 aliphatic rings. The number of nitrogens with one attached hydrogen (secondary N) is 1. The van der Waals surface area contributed by atoms with Crippen molar-refractivity contribution < 1.29 is 4.74 Å². The average molecular weight is 284 g/mol. The van der Waals surface area contributed by atoms with Gasteiger partial charge < -0.3 is 10.1 Å². The van der Waals surface area contributed by atoms with Gasteiger partial charge in [-0.3, -0.25) is 4.98 Å². The number of ether oxygens (including phenoxy) is 1. The molecule has 1 atom stereocenters. The van der Waals surface area contributed by atoms with Crippen LogP contribution in [0, 0.1) is 13.8 Å². The highest BCUT2D eigenvalue weighted by Gasteiger charge is 2.20. The monoisotopic (exact) mass is 284 g/mol. The molecule has 1 heterocycles. The average Bonchev–Trinajstić information content (AvgIpc) is 2.52. The van der Waals surface area contributed by atoms with Crippen molar-refractivity contribution in [2.75, 3.05) is 13.7 Å². The molecule has 1 N–H and O–H groups in total. The molecule has 112 valence electrons. The van der Waals surface area contributed by atoms with Crippen molar-refractivity contribution >= 4 is 0 Å². The molecule has 3 nitrogen and oxygen atoms in total. The molecule has 0 saturated carbocycles. The van der Waals surface area contributed by atoms with Crippen LogP contribution in [0.2, 0.25) is 0 Å². The van der Waals surface area contributed by atoms with E-state index < -0.39 is 0 Å². The molecule has 0 fully saturated rings. The summed E-state index contributed by atoms with van der Waals surface area (Å²) in [6.07, 6.45) is 2.90. The van der Waals surface area contributed by atoms with E-state index in [1.807, 2.05) is 18.3 Å². The fraction of sp³-hybridized carbons (Fsp3) is 0.389. The number of benzene rings is 1. The maximum Gasteiger partial charge on any atom is 0.142 e. The minimum absolute atomic E-state index is 0.0565. The van der Waals surface area contributed by atoms with Gasteiger partial charge in [0.2, 0.25) is 0 Å². The van der Waals surface area contributed by atoms with Crippen LogP contribution in [0.5, 0.6) is 5.75 Å². The zero-order valence-corrected chi connectivity index (χ0v) is 13.3. The molecule has 0 spiro atoms. The standard InChI is InChI=1S/C18H24N2O/c1-5-11-19-17(15-9-6-8-13(2)14(15)3)18-16(21-4)10-7-12-20-18/h6-10,12,17,19H,5,11H2,1-4H3. The molecular formula is C18H24N2O. The van der Waals surface area contributed by atoms with Gasteiger partial charge in [0.1, 0.15) is 11.4 Å². The third-order valence-corrected chi connectivity index (χ3v) is 3.85. The van der Waals surface area contributed by atoms with Crippen LogP contribution in [0.4, 0.5) is 0 Å². The molecule has 0 bridgehead atoms. The summed E-state index contributed by atoms with van der Waals surface area (Å²) < 4.78 is 5.50. The Bertz CT molecular complexity index is 596. The van der Waals surface area contributed by atoms with E-state index in [0.717, 1.165) is 24.4 Å². The number of hydrogen-bond acceptors (Lipinski definition) is 3. The van der Waals surface area contributed by atoms with Crippen LogP contribution >= 0.6 is 0 Å². The Morgan fingerprint density at radius 3 is 2.71 bits per heavy atom. The minimum atomic E-state index is 0.0565. The summed E-state index contributed by atoms with van der Waals surface area (Å²) >= 11 is 0. The summed E-state index contributed by atoms with van der Waals surface area (Å²) in [6, 6.07) is 10.3. The molecule has 2 aromatic rings. The number of aromatic nitrogens is 1. The van der Waals surface area contributed by atoms with Crippen LogP contribution in [0.15, 0.2) is 36.5 Å². The second-order valence-corrected chi connectivity index (χ2v) is 5.27. The number of hydrogen-bond donors (Lipinski definition) is 1. The van der Waals surface area contributed by atoms with Crippen LogP contribution in [0.25, 0.3) is 0 Å². The third kappa shape index (κ3) is 3.42. The normalized spacial score (nSPS) is 12.2. The van der Waals surface area contributed by atoms with E-state index in [9.17, 15) is 0 Å². The Morgan fingerprint density at radius 1 is 1.19 bits per heavy atom. The molecule has 2 rings (SSSR count). The molecule has 0 aliphatic carbocycles. The first kappa shape index (κ1) is 15.5. The van der Waals surface area contributed by atoms with Crippen LogP contribution in [0.3, 0.4) is 0 Å². The fourth-order valence-corrected chi connectivity index (χ4v) is 2.52. The van der Waals surface area contributed by atoms with Gasteiger partial charge in [-0.15, -0.1) is 0 Å². The Balaban J connectivity index is 2.50. The fourth-order valence-electron chi connectivity index (χ4n) is 2.52. The van der Waals surface area contributed by atoms with E-state index in [1.54, 1.807) is 7.11 Å². The molecule has 21 heavy (non-hydrogen) atoms. The number of nitrogens with zero attached hydrogens (tertiary/aromatic N) is 1. The van der Waals surface area contributed by atoms with Crippen molar-refractivity contribution in [2.45, 2.75) is 33.2 Å². The summed E-state index contributed by atoms with van der Waals surface area (Å²) in [5.41, 5.74) is 4.81. The number of pyridine rings is 1. The summed E-state index contributed by atoms with van der Waals surface area (Å²) in [6.45, 7) is 7.42. The van der Waals surface area contributed by atoms with E-state index in [1.165, 1.54) is 16.7 Å². The second-order valence-electron chi connectivity index (χ2n) is 5.27. The molecular weight excluding hydrogens is 260 g/mol. The van der Waals surface area contributed by atoms with E-state index in [-0.39, 0.29) is 6.04 Å². The molecule has 1 aromatic heterocycles. The van der Waals surface area contributed by atoms with Gasteiger partial charge in [0.15, 0.2) is 0 Å². The van der Waals surface area contributed by atoms with Gasteiger partial charge in [0.25, 0.3) is 0 Å². The Morgan fingerprint density at radius 2 is 2.00 bits per heavy atom. The van der Waals surface area contributed by atoms with Crippen molar-refractivity contribution in [3.05, 3.63) is 58.9 Å². The van der Waals surface area contributed by atoms with Crippen LogP contribution in [-0.2, 0) is 0 Å². The zero-order valence-electron chi connectivity index (χ0n) is 13.3. The highest BCUT2D eigenvalue weighted by molar-refractivity contribution is 5.42. The molecule has 0 saturated heterocycles. The second kappa shape index (κ2) is 7.23. The summed E-state index contributed by atoms with van der Waals surface area (Å²) in [5, 5.41) is 3.60. The Hall–Kier alpha value is -1.87. The third-order valence-electron chi connectivity index (χ3n) is 3.85. The maximum absolute atomic E-state index is 5.50. The van der Waals surface area contributed by atoms with E-state index in [4.69, 9.17) is 4.74 Å². The van der Waals surface area contributed by atoms with Crippen molar-refractivity contribution in [1.82, 2.24) is 10.3 Å². The largest absolute Gasteiger partial charge is 0.495 e. The lowest BCUT2D eigenvalue weighted by Gasteiger charge is -2.23. The number of aryl methyl sites for hydroxylation is 1. The first-order valence-electron chi connectivity index (χ1n) is 7.47. The first-order valence-corrected chi connectivity index (χ1v) is 7.47. The highest BCUT2D eigenvalue weighted by atomic mass is 16.5. The zero-order chi connectivity index (χ0) is 15.2. The lowest BCUT2D eigenvalue weighted by molar-refractivity contribution is 0.399. The summed E-state index contributed by atoms with van der Waals surface area (Å²) in [7, 11) is 1.69. The van der Waals surface area contributed by atoms with Crippen LogP contribution in [-0.4, -0.2) is 18.6 Å². The Labute approximate surface area is 127 Å². The van der Waals surface area contributed by atoms with Crippen LogP contribution < -0.4 is 10.1 Å². The van der Waals surface area contributed by atoms with Crippen molar-refractivity contribution in [3.63, 3.8) is 0 Å². The Kier molecular flexibility index (Phi) is 5.34. The summed E-state index contributed by atoms with van der Waals surface area (Å²) in [5.74, 6) is 0.826.